The summed E-state index contributed by atoms with van der Waals surface area (Å²) < 4.78 is 5.03. The monoisotopic (exact) mass is 350 g/mol. The van der Waals surface area contributed by atoms with Crippen molar-refractivity contribution in [2.45, 2.75) is 60.9 Å². The maximum absolute atomic E-state index is 13.1. The summed E-state index contributed by atoms with van der Waals surface area (Å²) in [6, 6.07) is -0.585. The molecule has 1 N–H and O–H groups in total. The van der Waals surface area contributed by atoms with E-state index < -0.39 is 12.0 Å². The minimum Gasteiger partial charge on any atom is -0.461 e. The van der Waals surface area contributed by atoms with Gasteiger partial charge in [-0.05, 0) is 39.2 Å². The van der Waals surface area contributed by atoms with Gasteiger partial charge in [0.05, 0.1) is 12.6 Å². The summed E-state index contributed by atoms with van der Waals surface area (Å²) in [5.74, 6) is -0.428. The van der Waals surface area contributed by atoms with Crippen LogP contribution >= 0.6 is 0 Å². The molecule has 0 aliphatic rings. The van der Waals surface area contributed by atoms with E-state index in [1.54, 1.807) is 39.5 Å². The summed E-state index contributed by atoms with van der Waals surface area (Å²) in [7, 11) is 0. The molecule has 0 unspecified atom stereocenters. The Morgan fingerprint density at radius 2 is 1.72 bits per heavy atom. The van der Waals surface area contributed by atoms with Crippen LogP contribution in [-0.2, 0) is 9.53 Å². The van der Waals surface area contributed by atoms with Crippen molar-refractivity contribution in [3.8, 4) is 0 Å². The van der Waals surface area contributed by atoms with Gasteiger partial charge in [0.2, 0.25) is 5.91 Å². The minimum absolute atomic E-state index is 0.0500. The van der Waals surface area contributed by atoms with Gasteiger partial charge in [-0.3, -0.25) is 9.59 Å². The number of Topliss-reactive ketones (excluding diaryl/α,β-unsaturated/α-hetero) is 1. The Hall–Kier alpha value is -2.11. The van der Waals surface area contributed by atoms with Gasteiger partial charge in [-0.2, -0.15) is 0 Å². The fraction of sp³-hybridized carbons (Fsp3) is 0.632. The lowest BCUT2D eigenvalue weighted by Gasteiger charge is -2.30. The fourth-order valence-electron chi connectivity index (χ4n) is 2.95. The van der Waals surface area contributed by atoms with Gasteiger partial charge in [-0.15, -0.1) is 0 Å². The third-order valence-electron chi connectivity index (χ3n) is 4.20. The van der Waals surface area contributed by atoms with E-state index in [9.17, 15) is 14.4 Å². The Bertz CT molecular complexity index is 646. The average molecular weight is 350 g/mol. The predicted octanol–water partition coefficient (Wildman–Crippen LogP) is 3.27. The number of esters is 1. The van der Waals surface area contributed by atoms with Gasteiger partial charge in [-0.1, -0.05) is 20.8 Å². The van der Waals surface area contributed by atoms with Gasteiger partial charge in [0.15, 0.2) is 5.78 Å². The maximum Gasteiger partial charge on any atom is 0.355 e. The molecule has 0 fully saturated rings. The quantitative estimate of drug-likeness (QED) is 0.576. The third kappa shape index (κ3) is 4.71. The van der Waals surface area contributed by atoms with Crippen molar-refractivity contribution in [3.63, 3.8) is 0 Å². The Labute approximate surface area is 149 Å². The molecule has 0 spiro atoms. The minimum atomic E-state index is -0.585. The summed E-state index contributed by atoms with van der Waals surface area (Å²) in [4.78, 5) is 42.0. The van der Waals surface area contributed by atoms with Crippen LogP contribution in [0.25, 0.3) is 0 Å². The maximum atomic E-state index is 13.1. The van der Waals surface area contributed by atoms with Crippen LogP contribution in [0.5, 0.6) is 0 Å². The average Bonchev–Trinajstić information content (AvgIpc) is 2.85. The number of nitrogens with zero attached hydrogens (tertiary/aromatic N) is 1. The van der Waals surface area contributed by atoms with Crippen molar-refractivity contribution in [1.29, 1.82) is 0 Å². The molecule has 1 amide bonds. The summed E-state index contributed by atoms with van der Waals surface area (Å²) in [6.45, 7) is 13.6. The normalized spacial score (nSPS) is 12.2. The van der Waals surface area contributed by atoms with Gasteiger partial charge in [0.25, 0.3) is 0 Å². The number of ketones is 1. The second-order valence-electron chi connectivity index (χ2n) is 6.68. The van der Waals surface area contributed by atoms with E-state index >= 15 is 0 Å². The van der Waals surface area contributed by atoms with E-state index in [1.807, 2.05) is 13.8 Å². The molecule has 0 aliphatic carbocycles. The zero-order valence-electron chi connectivity index (χ0n) is 16.4. The number of carbonyl (C=O) groups is 3. The molecule has 0 aliphatic heterocycles. The van der Waals surface area contributed by atoms with Crippen LogP contribution in [0.2, 0.25) is 0 Å². The van der Waals surface area contributed by atoms with Crippen LogP contribution in [-0.4, -0.2) is 46.7 Å². The summed E-state index contributed by atoms with van der Waals surface area (Å²) >= 11 is 0. The van der Waals surface area contributed by atoms with Crippen LogP contribution in [0, 0.1) is 19.8 Å². The number of aromatic amines is 1. The molecule has 0 saturated heterocycles. The van der Waals surface area contributed by atoms with Crippen molar-refractivity contribution in [3.05, 3.63) is 22.5 Å². The van der Waals surface area contributed by atoms with E-state index in [4.69, 9.17) is 4.74 Å². The van der Waals surface area contributed by atoms with Crippen molar-refractivity contribution >= 4 is 17.7 Å². The number of ether oxygens (including phenoxy) is 1. The molecule has 6 nitrogen and oxygen atoms in total. The summed E-state index contributed by atoms with van der Waals surface area (Å²) in [5.41, 5.74) is 1.95. The van der Waals surface area contributed by atoms with Gasteiger partial charge in [0, 0.05) is 24.2 Å². The molecular weight excluding hydrogens is 320 g/mol. The standard InChI is InChI=1S/C19H30N2O4/c1-8-15(22)21(10-11(3)4)14(7)18(23)16-12(5)17(20-13(16)6)19(24)25-9-2/h11,14,20H,8-10H2,1-7H3/t14-/m0/s1. The van der Waals surface area contributed by atoms with Crippen molar-refractivity contribution in [2.75, 3.05) is 13.2 Å². The van der Waals surface area contributed by atoms with E-state index in [2.05, 4.69) is 4.98 Å². The van der Waals surface area contributed by atoms with Crippen LogP contribution in [0.15, 0.2) is 0 Å². The van der Waals surface area contributed by atoms with Crippen LogP contribution in [0.3, 0.4) is 0 Å². The highest BCUT2D eigenvalue weighted by atomic mass is 16.5. The summed E-state index contributed by atoms with van der Waals surface area (Å²) in [6.07, 6.45) is 0.351. The van der Waals surface area contributed by atoms with Gasteiger partial charge < -0.3 is 14.6 Å². The van der Waals surface area contributed by atoms with Crippen LogP contribution in [0.4, 0.5) is 0 Å². The number of nitrogens with one attached hydrogen (secondary N) is 1. The first kappa shape index (κ1) is 20.9. The zero-order chi connectivity index (χ0) is 19.3. The van der Waals surface area contributed by atoms with E-state index in [0.717, 1.165) is 0 Å². The van der Waals surface area contributed by atoms with Gasteiger partial charge in [0.1, 0.15) is 5.69 Å². The van der Waals surface area contributed by atoms with Crippen LogP contribution in [0.1, 0.15) is 73.1 Å². The number of aromatic nitrogens is 1. The van der Waals surface area contributed by atoms with E-state index in [0.29, 0.717) is 35.5 Å². The number of H-pyrrole nitrogens is 1. The first-order chi connectivity index (χ1) is 11.6. The largest absolute Gasteiger partial charge is 0.461 e. The molecule has 1 atom stereocenters. The molecule has 0 aromatic carbocycles. The van der Waals surface area contributed by atoms with E-state index in [-0.39, 0.29) is 24.2 Å². The number of rotatable bonds is 8. The predicted molar refractivity (Wildman–Crippen MR) is 96.9 cm³/mol. The van der Waals surface area contributed by atoms with Crippen LogP contribution < -0.4 is 0 Å². The number of amides is 1. The molecule has 1 aromatic rings. The Balaban J connectivity index is 3.20. The second-order valence-corrected chi connectivity index (χ2v) is 6.68. The molecule has 6 heteroatoms. The molecule has 0 saturated carbocycles. The summed E-state index contributed by atoms with van der Waals surface area (Å²) in [5, 5.41) is 0. The Morgan fingerprint density at radius 1 is 1.12 bits per heavy atom. The first-order valence-electron chi connectivity index (χ1n) is 8.85. The molecule has 0 bridgehead atoms. The molecule has 25 heavy (non-hydrogen) atoms. The SMILES string of the molecule is CCOC(=O)c1[nH]c(C)c(C(=O)[C@H](C)N(CC(C)C)C(=O)CC)c1C. The molecule has 0 radical (unpaired) electrons. The smallest absolute Gasteiger partial charge is 0.355 e. The Kier molecular flexibility index (Phi) is 7.39. The number of aryl methyl sites for hydroxylation is 1. The molecule has 1 heterocycles. The third-order valence-corrected chi connectivity index (χ3v) is 4.20. The second kappa shape index (κ2) is 8.83. The zero-order valence-corrected chi connectivity index (χ0v) is 16.4. The highest BCUT2D eigenvalue weighted by molar-refractivity contribution is 6.06. The number of hydrogen-bond donors (Lipinski definition) is 1. The highest BCUT2D eigenvalue weighted by Gasteiger charge is 2.30. The van der Waals surface area contributed by atoms with Crippen molar-refractivity contribution in [1.82, 2.24) is 9.88 Å². The first-order valence-corrected chi connectivity index (χ1v) is 8.85. The molecule has 1 rings (SSSR count). The lowest BCUT2D eigenvalue weighted by molar-refractivity contribution is -0.132. The van der Waals surface area contributed by atoms with Gasteiger partial charge in [-0.25, -0.2) is 4.79 Å². The lowest BCUT2D eigenvalue weighted by Crippen LogP contribution is -2.45. The molecule has 140 valence electrons. The number of hydrogen-bond acceptors (Lipinski definition) is 4. The fourth-order valence-corrected chi connectivity index (χ4v) is 2.95. The van der Waals surface area contributed by atoms with Gasteiger partial charge >= 0.3 is 5.97 Å². The molecule has 1 aromatic heterocycles. The lowest BCUT2D eigenvalue weighted by atomic mass is 9.99. The topological polar surface area (TPSA) is 79.5 Å². The highest BCUT2D eigenvalue weighted by Crippen LogP contribution is 2.22. The molecular formula is C19H30N2O4. The van der Waals surface area contributed by atoms with E-state index in [1.165, 1.54) is 0 Å². The number of carbonyl (C=O) groups excluding carboxylic acids is 3. The van der Waals surface area contributed by atoms with Crippen molar-refractivity contribution in [2.24, 2.45) is 5.92 Å². The Morgan fingerprint density at radius 3 is 2.20 bits per heavy atom. The van der Waals surface area contributed by atoms with Crippen molar-refractivity contribution < 1.29 is 19.1 Å².